The van der Waals surface area contributed by atoms with E-state index in [-0.39, 0.29) is 17.6 Å². The first kappa shape index (κ1) is 13.8. The average molecular weight is 280 g/mol. The smallest absolute Gasteiger partial charge is 0.127 e. The summed E-state index contributed by atoms with van der Waals surface area (Å²) in [5.41, 5.74) is 7.38. The van der Waals surface area contributed by atoms with Crippen LogP contribution >= 0.6 is 11.6 Å². The summed E-state index contributed by atoms with van der Waals surface area (Å²) in [6, 6.07) is 11.2. The van der Waals surface area contributed by atoms with E-state index in [1.807, 2.05) is 6.07 Å². The molecule has 0 aliphatic heterocycles. The zero-order valence-electron chi connectivity index (χ0n) is 10.3. The molecule has 0 aliphatic rings. The molecule has 0 aliphatic carbocycles. The van der Waals surface area contributed by atoms with Crippen molar-refractivity contribution in [1.82, 2.24) is 0 Å². The topological polar surface area (TPSA) is 46.2 Å². The first-order valence-corrected chi connectivity index (χ1v) is 6.40. The third-order valence-corrected chi connectivity index (χ3v) is 3.29. The molecule has 0 radical (unpaired) electrons. The van der Waals surface area contributed by atoms with E-state index in [4.69, 9.17) is 17.3 Å². The largest absolute Gasteiger partial charge is 0.508 e. The standard InChI is InChI=1S/C15H15ClFNO/c16-14-5-2-6-15(17)13(14)9-11(18)7-10-3-1-4-12(19)8-10/h1-6,8,11,19H,7,9,18H2. The van der Waals surface area contributed by atoms with E-state index in [0.29, 0.717) is 23.4 Å². The highest BCUT2D eigenvalue weighted by atomic mass is 35.5. The van der Waals surface area contributed by atoms with Crippen LogP contribution in [0.15, 0.2) is 42.5 Å². The van der Waals surface area contributed by atoms with Crippen molar-refractivity contribution in [3.8, 4) is 5.75 Å². The highest BCUT2D eigenvalue weighted by Crippen LogP contribution is 2.21. The predicted molar refractivity (Wildman–Crippen MR) is 74.9 cm³/mol. The maximum Gasteiger partial charge on any atom is 0.127 e. The Kier molecular flexibility index (Phi) is 4.40. The summed E-state index contributed by atoms with van der Waals surface area (Å²) < 4.78 is 13.6. The summed E-state index contributed by atoms with van der Waals surface area (Å²) in [5.74, 6) is -0.132. The number of aromatic hydroxyl groups is 1. The molecule has 0 saturated carbocycles. The van der Waals surface area contributed by atoms with Gasteiger partial charge in [0.25, 0.3) is 0 Å². The second-order valence-electron chi connectivity index (χ2n) is 4.54. The Morgan fingerprint density at radius 1 is 1.16 bits per heavy atom. The predicted octanol–water partition coefficient (Wildman–Crippen LogP) is 3.30. The molecule has 0 spiro atoms. The third kappa shape index (κ3) is 3.69. The monoisotopic (exact) mass is 279 g/mol. The minimum absolute atomic E-state index is 0.202. The second-order valence-corrected chi connectivity index (χ2v) is 4.95. The average Bonchev–Trinajstić information content (AvgIpc) is 2.34. The van der Waals surface area contributed by atoms with Crippen molar-refractivity contribution in [2.45, 2.75) is 18.9 Å². The summed E-state index contributed by atoms with van der Waals surface area (Å²) in [5, 5.41) is 9.78. The zero-order chi connectivity index (χ0) is 13.8. The Bertz CT molecular complexity index is 554. The van der Waals surface area contributed by atoms with Crippen molar-refractivity contribution in [3.05, 3.63) is 64.4 Å². The Labute approximate surface area is 116 Å². The first-order chi connectivity index (χ1) is 9.06. The lowest BCUT2D eigenvalue weighted by Crippen LogP contribution is -2.26. The Hall–Kier alpha value is -1.58. The molecule has 4 heteroatoms. The summed E-state index contributed by atoms with van der Waals surface area (Å²) in [4.78, 5) is 0. The van der Waals surface area contributed by atoms with Gasteiger partial charge in [-0.05, 0) is 42.7 Å². The molecule has 2 nitrogen and oxygen atoms in total. The van der Waals surface area contributed by atoms with Crippen molar-refractivity contribution >= 4 is 11.6 Å². The van der Waals surface area contributed by atoms with Gasteiger partial charge < -0.3 is 10.8 Å². The summed E-state index contributed by atoms with van der Waals surface area (Å²) >= 11 is 5.97. The van der Waals surface area contributed by atoms with Crippen LogP contribution in [0.5, 0.6) is 5.75 Å². The molecule has 0 heterocycles. The van der Waals surface area contributed by atoms with Crippen molar-refractivity contribution in [2.75, 3.05) is 0 Å². The fraction of sp³-hybridized carbons (Fsp3) is 0.200. The molecule has 0 saturated heterocycles. The highest BCUT2D eigenvalue weighted by molar-refractivity contribution is 6.31. The van der Waals surface area contributed by atoms with E-state index in [9.17, 15) is 9.50 Å². The molecule has 2 rings (SSSR count). The molecule has 1 unspecified atom stereocenters. The number of benzene rings is 2. The number of phenols is 1. The van der Waals surface area contributed by atoms with Crippen LogP contribution in [0.1, 0.15) is 11.1 Å². The normalized spacial score (nSPS) is 12.4. The Morgan fingerprint density at radius 3 is 2.58 bits per heavy atom. The van der Waals surface area contributed by atoms with Gasteiger partial charge in [-0.2, -0.15) is 0 Å². The number of hydrogen-bond acceptors (Lipinski definition) is 2. The highest BCUT2D eigenvalue weighted by Gasteiger charge is 2.12. The van der Waals surface area contributed by atoms with Crippen LogP contribution in [0.2, 0.25) is 5.02 Å². The van der Waals surface area contributed by atoms with E-state index in [1.54, 1.807) is 30.3 Å². The number of phenolic OH excluding ortho intramolecular Hbond substituents is 1. The minimum Gasteiger partial charge on any atom is -0.508 e. The van der Waals surface area contributed by atoms with Gasteiger partial charge in [0.2, 0.25) is 0 Å². The number of rotatable bonds is 4. The van der Waals surface area contributed by atoms with Crippen LogP contribution < -0.4 is 5.73 Å². The second kappa shape index (κ2) is 6.04. The first-order valence-electron chi connectivity index (χ1n) is 6.02. The van der Waals surface area contributed by atoms with E-state index >= 15 is 0 Å². The van der Waals surface area contributed by atoms with E-state index in [0.717, 1.165) is 5.56 Å². The van der Waals surface area contributed by atoms with Crippen molar-refractivity contribution < 1.29 is 9.50 Å². The Balaban J connectivity index is 2.07. The van der Waals surface area contributed by atoms with Gasteiger partial charge in [-0.15, -0.1) is 0 Å². The number of halogens is 2. The lowest BCUT2D eigenvalue weighted by atomic mass is 9.99. The molecule has 0 fully saturated rings. The molecule has 0 bridgehead atoms. The van der Waals surface area contributed by atoms with E-state index in [1.165, 1.54) is 6.07 Å². The molecule has 100 valence electrons. The quantitative estimate of drug-likeness (QED) is 0.902. The van der Waals surface area contributed by atoms with Crippen LogP contribution in [-0.4, -0.2) is 11.1 Å². The maximum absolute atomic E-state index is 13.6. The fourth-order valence-electron chi connectivity index (χ4n) is 2.05. The molecular formula is C15H15ClFNO. The van der Waals surface area contributed by atoms with Gasteiger partial charge in [0.05, 0.1) is 0 Å². The fourth-order valence-corrected chi connectivity index (χ4v) is 2.29. The van der Waals surface area contributed by atoms with Gasteiger partial charge in [0.1, 0.15) is 11.6 Å². The molecule has 2 aromatic rings. The lowest BCUT2D eigenvalue weighted by Gasteiger charge is -2.13. The van der Waals surface area contributed by atoms with Crippen LogP contribution in [0.3, 0.4) is 0 Å². The van der Waals surface area contributed by atoms with Crippen LogP contribution in [0.25, 0.3) is 0 Å². The van der Waals surface area contributed by atoms with Gasteiger partial charge >= 0.3 is 0 Å². The van der Waals surface area contributed by atoms with Crippen molar-refractivity contribution in [2.24, 2.45) is 5.73 Å². The van der Waals surface area contributed by atoms with Crippen LogP contribution in [0.4, 0.5) is 4.39 Å². The SMILES string of the molecule is NC(Cc1cccc(O)c1)Cc1c(F)cccc1Cl. The van der Waals surface area contributed by atoms with Gasteiger partial charge in [0, 0.05) is 16.6 Å². The molecule has 3 N–H and O–H groups in total. The van der Waals surface area contributed by atoms with Crippen LogP contribution in [-0.2, 0) is 12.8 Å². The zero-order valence-corrected chi connectivity index (χ0v) is 11.1. The molecule has 0 aromatic heterocycles. The van der Waals surface area contributed by atoms with Crippen molar-refractivity contribution in [3.63, 3.8) is 0 Å². The van der Waals surface area contributed by atoms with Crippen LogP contribution in [0, 0.1) is 5.82 Å². The number of hydrogen-bond donors (Lipinski definition) is 2. The maximum atomic E-state index is 13.6. The number of nitrogens with two attached hydrogens (primary N) is 1. The Morgan fingerprint density at radius 2 is 1.89 bits per heavy atom. The molecule has 19 heavy (non-hydrogen) atoms. The summed E-state index contributed by atoms with van der Waals surface area (Å²) in [7, 11) is 0. The van der Waals surface area contributed by atoms with Gasteiger partial charge in [-0.25, -0.2) is 4.39 Å². The van der Waals surface area contributed by atoms with Gasteiger partial charge in [-0.3, -0.25) is 0 Å². The molecule has 1 atom stereocenters. The molecule has 2 aromatic carbocycles. The lowest BCUT2D eigenvalue weighted by molar-refractivity contribution is 0.474. The summed E-state index contributed by atoms with van der Waals surface area (Å²) in [6.07, 6.45) is 0.917. The van der Waals surface area contributed by atoms with E-state index in [2.05, 4.69) is 0 Å². The minimum atomic E-state index is -0.334. The van der Waals surface area contributed by atoms with Gasteiger partial charge in [-0.1, -0.05) is 29.8 Å². The molecule has 0 amide bonds. The van der Waals surface area contributed by atoms with Gasteiger partial charge in [0.15, 0.2) is 0 Å². The van der Waals surface area contributed by atoms with E-state index < -0.39 is 0 Å². The molecular weight excluding hydrogens is 265 g/mol. The summed E-state index contributed by atoms with van der Waals surface area (Å²) in [6.45, 7) is 0. The van der Waals surface area contributed by atoms with Crippen molar-refractivity contribution in [1.29, 1.82) is 0 Å². The third-order valence-electron chi connectivity index (χ3n) is 2.94.